The fourth-order valence-corrected chi connectivity index (χ4v) is 2.34. The van der Waals surface area contributed by atoms with Crippen LogP contribution in [0.3, 0.4) is 0 Å². The van der Waals surface area contributed by atoms with Crippen LogP contribution >= 0.6 is 0 Å². The highest BCUT2D eigenvalue weighted by molar-refractivity contribution is 5.73. The maximum absolute atomic E-state index is 11.3. The van der Waals surface area contributed by atoms with E-state index < -0.39 is 45.2 Å². The molecule has 10 heteroatoms. The second-order valence-electron chi connectivity index (χ2n) is 4.72. The van der Waals surface area contributed by atoms with Gasteiger partial charge in [-0.25, -0.2) is 5.43 Å². The molecule has 1 aliphatic heterocycles. The van der Waals surface area contributed by atoms with Gasteiger partial charge < -0.3 is 5.11 Å². The van der Waals surface area contributed by atoms with Crippen LogP contribution in [0.5, 0.6) is 0 Å². The molecule has 1 saturated heterocycles. The van der Waals surface area contributed by atoms with E-state index in [1.54, 1.807) is 6.92 Å². The van der Waals surface area contributed by atoms with E-state index in [0.29, 0.717) is 0 Å². The number of nitro groups is 2. The highest BCUT2D eigenvalue weighted by Crippen LogP contribution is 2.33. The number of non-ortho nitro benzene ring substituents is 2. The second kappa shape index (κ2) is 5.42. The zero-order valence-electron chi connectivity index (χ0n) is 10.8. The summed E-state index contributed by atoms with van der Waals surface area (Å²) in [7, 11) is 0. The summed E-state index contributed by atoms with van der Waals surface area (Å²) in [6.07, 6.45) is 0. The van der Waals surface area contributed by atoms with Gasteiger partial charge in [0.1, 0.15) is 0 Å². The molecule has 3 N–H and O–H groups in total. The molecule has 2 rings (SSSR count). The van der Waals surface area contributed by atoms with E-state index in [9.17, 15) is 30.1 Å². The molecule has 0 bridgehead atoms. The Kier molecular flexibility index (Phi) is 3.82. The fourth-order valence-electron chi connectivity index (χ4n) is 2.34. The molecule has 112 valence electrons. The maximum Gasteiger partial charge on any atom is 0.310 e. The fraction of sp³-hybridized carbons (Fsp3) is 0.364. The highest BCUT2D eigenvalue weighted by atomic mass is 16.6. The lowest BCUT2D eigenvalue weighted by Crippen LogP contribution is -2.30. The minimum absolute atomic E-state index is 0.181. The molecule has 0 aliphatic carbocycles. The van der Waals surface area contributed by atoms with Gasteiger partial charge in [-0.2, -0.15) is 0 Å². The monoisotopic (exact) mass is 296 g/mol. The molecule has 1 aliphatic rings. The molecule has 3 atom stereocenters. The first kappa shape index (κ1) is 14.8. The molecule has 0 spiro atoms. The summed E-state index contributed by atoms with van der Waals surface area (Å²) in [5.41, 5.74) is 4.71. The van der Waals surface area contributed by atoms with Crippen molar-refractivity contribution in [3.63, 3.8) is 0 Å². The summed E-state index contributed by atoms with van der Waals surface area (Å²) in [5, 5.41) is 30.9. The van der Waals surface area contributed by atoms with Crippen LogP contribution in [0.2, 0.25) is 0 Å². The van der Waals surface area contributed by atoms with E-state index in [4.69, 9.17) is 0 Å². The number of benzene rings is 1. The third-order valence-electron chi connectivity index (χ3n) is 3.36. The number of nitrogens with zero attached hydrogens (tertiary/aromatic N) is 2. The Hall–Kier alpha value is -2.59. The van der Waals surface area contributed by atoms with Crippen molar-refractivity contribution in [1.29, 1.82) is 0 Å². The van der Waals surface area contributed by atoms with Crippen molar-refractivity contribution in [2.24, 2.45) is 5.92 Å². The molecular weight excluding hydrogens is 284 g/mol. The minimum Gasteiger partial charge on any atom is -0.481 e. The van der Waals surface area contributed by atoms with Crippen LogP contribution in [-0.2, 0) is 4.79 Å². The normalized spacial score (nSPS) is 24.7. The Balaban J connectivity index is 2.50. The number of rotatable bonds is 4. The van der Waals surface area contributed by atoms with Crippen molar-refractivity contribution in [3.8, 4) is 0 Å². The van der Waals surface area contributed by atoms with Gasteiger partial charge in [0.05, 0.1) is 27.9 Å². The average Bonchev–Trinajstić information content (AvgIpc) is 2.80. The van der Waals surface area contributed by atoms with Gasteiger partial charge in [0.15, 0.2) is 0 Å². The Morgan fingerprint density at radius 1 is 1.14 bits per heavy atom. The first-order valence-corrected chi connectivity index (χ1v) is 5.99. The van der Waals surface area contributed by atoms with E-state index in [-0.39, 0.29) is 5.56 Å². The molecule has 21 heavy (non-hydrogen) atoms. The van der Waals surface area contributed by atoms with E-state index in [1.807, 2.05) is 0 Å². The van der Waals surface area contributed by atoms with Crippen LogP contribution in [0, 0.1) is 26.1 Å². The van der Waals surface area contributed by atoms with Crippen LogP contribution < -0.4 is 10.9 Å². The molecule has 10 nitrogen and oxygen atoms in total. The number of nitrogens with one attached hydrogen (secondary N) is 2. The highest BCUT2D eigenvalue weighted by Gasteiger charge is 2.40. The van der Waals surface area contributed by atoms with Gasteiger partial charge in [-0.3, -0.25) is 30.4 Å². The molecule has 1 aromatic rings. The molecule has 0 amide bonds. The van der Waals surface area contributed by atoms with Gasteiger partial charge >= 0.3 is 5.97 Å². The minimum atomic E-state index is -1.10. The van der Waals surface area contributed by atoms with Crippen LogP contribution in [0.15, 0.2) is 18.2 Å². The van der Waals surface area contributed by atoms with Gasteiger partial charge in [-0.05, 0) is 12.5 Å². The SMILES string of the molecule is CC1NNC(c2cc([N+](=O)[O-])cc([N+](=O)[O-])c2)C1C(=O)O. The number of aliphatic carboxylic acids is 1. The number of carboxylic acid groups (broad SMARTS) is 1. The lowest BCUT2D eigenvalue weighted by atomic mass is 9.90. The van der Waals surface area contributed by atoms with E-state index in [2.05, 4.69) is 10.9 Å². The molecule has 0 aromatic heterocycles. The number of hydrazine groups is 1. The van der Waals surface area contributed by atoms with Crippen molar-refractivity contribution in [3.05, 3.63) is 44.0 Å². The quantitative estimate of drug-likeness (QED) is 0.544. The Morgan fingerprint density at radius 2 is 1.67 bits per heavy atom. The van der Waals surface area contributed by atoms with Gasteiger partial charge in [-0.1, -0.05) is 0 Å². The van der Waals surface area contributed by atoms with Crippen molar-refractivity contribution < 1.29 is 19.7 Å². The van der Waals surface area contributed by atoms with Crippen molar-refractivity contribution in [2.45, 2.75) is 19.0 Å². The number of carboxylic acids is 1. The molecular formula is C11H12N4O6. The summed E-state index contributed by atoms with van der Waals surface area (Å²) in [6.45, 7) is 1.64. The average molecular weight is 296 g/mol. The molecule has 1 aromatic carbocycles. The number of carbonyl (C=O) groups is 1. The third-order valence-corrected chi connectivity index (χ3v) is 3.36. The Bertz CT molecular complexity index is 586. The molecule has 3 unspecified atom stereocenters. The zero-order valence-corrected chi connectivity index (χ0v) is 10.8. The van der Waals surface area contributed by atoms with E-state index in [1.165, 1.54) is 0 Å². The topological polar surface area (TPSA) is 148 Å². The summed E-state index contributed by atoms with van der Waals surface area (Å²) >= 11 is 0. The largest absolute Gasteiger partial charge is 0.481 e. The van der Waals surface area contributed by atoms with Gasteiger partial charge in [0, 0.05) is 18.2 Å². The van der Waals surface area contributed by atoms with Crippen LogP contribution in [0.1, 0.15) is 18.5 Å². The lowest BCUT2D eigenvalue weighted by molar-refractivity contribution is -0.394. The van der Waals surface area contributed by atoms with Crippen LogP contribution in [0.4, 0.5) is 11.4 Å². The first-order chi connectivity index (χ1) is 9.81. The predicted octanol–water partition coefficient (Wildman–Crippen LogP) is 0.741. The van der Waals surface area contributed by atoms with Crippen LogP contribution in [-0.4, -0.2) is 27.0 Å². The zero-order chi connectivity index (χ0) is 15.7. The Morgan fingerprint density at radius 3 is 2.10 bits per heavy atom. The number of hydrogen-bond donors (Lipinski definition) is 3. The van der Waals surface area contributed by atoms with Gasteiger partial charge in [0.25, 0.3) is 11.4 Å². The first-order valence-electron chi connectivity index (χ1n) is 5.99. The third kappa shape index (κ3) is 2.80. The summed E-state index contributed by atoms with van der Waals surface area (Å²) in [4.78, 5) is 31.5. The summed E-state index contributed by atoms with van der Waals surface area (Å²) in [6, 6.07) is 1.90. The molecule has 0 radical (unpaired) electrons. The van der Waals surface area contributed by atoms with Crippen molar-refractivity contribution in [2.75, 3.05) is 0 Å². The van der Waals surface area contributed by atoms with Crippen LogP contribution in [0.25, 0.3) is 0 Å². The standard InChI is InChI=1S/C11H12N4O6/c1-5-9(11(16)17)10(13-12-5)6-2-7(14(18)19)4-8(3-6)15(20)21/h2-5,9-10,12-13H,1H3,(H,16,17). The van der Waals surface area contributed by atoms with Gasteiger partial charge in [-0.15, -0.1) is 0 Å². The predicted molar refractivity (Wildman–Crippen MR) is 69.4 cm³/mol. The van der Waals surface area contributed by atoms with Crippen molar-refractivity contribution in [1.82, 2.24) is 10.9 Å². The van der Waals surface area contributed by atoms with Crippen molar-refractivity contribution >= 4 is 17.3 Å². The number of nitro benzene ring substituents is 2. The summed E-state index contributed by atoms with van der Waals surface area (Å²) in [5.74, 6) is -1.99. The molecule has 1 fully saturated rings. The summed E-state index contributed by atoms with van der Waals surface area (Å²) < 4.78 is 0. The van der Waals surface area contributed by atoms with Gasteiger partial charge in [0.2, 0.25) is 0 Å². The molecule has 0 saturated carbocycles. The smallest absolute Gasteiger partial charge is 0.310 e. The maximum atomic E-state index is 11.3. The Labute approximate surface area is 118 Å². The second-order valence-corrected chi connectivity index (χ2v) is 4.72. The number of hydrogen-bond acceptors (Lipinski definition) is 7. The van der Waals surface area contributed by atoms with E-state index in [0.717, 1.165) is 18.2 Å². The lowest BCUT2D eigenvalue weighted by Gasteiger charge is -2.16. The molecule has 1 heterocycles. The van der Waals surface area contributed by atoms with E-state index >= 15 is 0 Å².